The zero-order chi connectivity index (χ0) is 13.0. The van der Waals surface area contributed by atoms with Gasteiger partial charge in [0.15, 0.2) is 0 Å². The Morgan fingerprint density at radius 2 is 2.00 bits per heavy atom. The maximum Gasteiger partial charge on any atom is 0.0408 e. The molecule has 1 nitrogen and oxygen atoms in total. The third kappa shape index (κ3) is 3.51. The molecule has 3 heteroatoms. The molecule has 0 bridgehead atoms. The van der Waals surface area contributed by atoms with Crippen LogP contribution in [0.4, 0.5) is 5.69 Å². The largest absolute Gasteiger partial charge is 0.371 e. The second-order valence-electron chi connectivity index (χ2n) is 5.13. The molecular weight excluding hydrogens is 354 g/mol. The van der Waals surface area contributed by atoms with Crippen LogP contribution in [-0.4, -0.2) is 13.1 Å². The summed E-state index contributed by atoms with van der Waals surface area (Å²) in [5.74, 6) is 0.953. The fourth-order valence-corrected chi connectivity index (χ4v) is 3.70. The average molecular weight is 375 g/mol. The number of anilines is 1. The predicted octanol–water partition coefficient (Wildman–Crippen LogP) is 5.36. The smallest absolute Gasteiger partial charge is 0.0408 e. The number of hydrogen-bond acceptors (Lipinski definition) is 1. The molecule has 0 N–H and O–H groups in total. The molecule has 0 saturated carbocycles. The minimum atomic E-state index is 0.927. The minimum Gasteiger partial charge on any atom is -0.371 e. The average Bonchev–Trinajstić information content (AvgIpc) is 2.40. The highest BCUT2D eigenvalue weighted by Gasteiger charge is 2.20. The third-order valence-electron chi connectivity index (χ3n) is 3.84. The molecule has 1 aliphatic heterocycles. The molecule has 1 aromatic carbocycles. The van der Waals surface area contributed by atoms with Gasteiger partial charge in [-0.15, -0.1) is 0 Å². The Kier molecular flexibility index (Phi) is 5.56. The second-order valence-corrected chi connectivity index (χ2v) is 6.60. The summed E-state index contributed by atoms with van der Waals surface area (Å²) in [4.78, 5) is 2.55. The Bertz CT molecular complexity index is 384. The summed E-state index contributed by atoms with van der Waals surface area (Å²) in [7, 11) is 0. The topological polar surface area (TPSA) is 3.24 Å². The van der Waals surface area contributed by atoms with E-state index in [2.05, 4.69) is 61.9 Å². The summed E-state index contributed by atoms with van der Waals surface area (Å²) >= 11 is 7.15. The van der Waals surface area contributed by atoms with Crippen molar-refractivity contribution in [1.29, 1.82) is 0 Å². The summed E-state index contributed by atoms with van der Waals surface area (Å²) in [5, 5.41) is 0.927. The number of hydrogen-bond donors (Lipinski definition) is 0. The van der Waals surface area contributed by atoms with Crippen LogP contribution in [0, 0.1) is 5.92 Å². The maximum absolute atomic E-state index is 3.60. The zero-order valence-electron chi connectivity index (χ0n) is 11.0. The van der Waals surface area contributed by atoms with Crippen molar-refractivity contribution in [3.63, 3.8) is 0 Å². The fraction of sp³-hybridized carbons (Fsp3) is 0.600. The lowest BCUT2D eigenvalue weighted by Crippen LogP contribution is -2.34. The third-order valence-corrected chi connectivity index (χ3v) is 4.94. The summed E-state index contributed by atoms with van der Waals surface area (Å²) < 4.78 is 1.17. The van der Waals surface area contributed by atoms with Gasteiger partial charge < -0.3 is 4.90 Å². The normalized spacial score (nSPS) is 17.2. The van der Waals surface area contributed by atoms with Gasteiger partial charge in [0.1, 0.15) is 0 Å². The van der Waals surface area contributed by atoms with Crippen molar-refractivity contribution in [3.05, 3.63) is 28.2 Å². The molecule has 0 spiro atoms. The lowest BCUT2D eigenvalue weighted by Gasteiger charge is -2.34. The van der Waals surface area contributed by atoms with Crippen LogP contribution < -0.4 is 4.90 Å². The molecule has 100 valence electrons. The van der Waals surface area contributed by atoms with E-state index in [0.29, 0.717) is 0 Å². The lowest BCUT2D eigenvalue weighted by molar-refractivity contribution is 0.378. The minimum absolute atomic E-state index is 0.927. The molecule has 1 aliphatic rings. The Labute approximate surface area is 127 Å². The van der Waals surface area contributed by atoms with Crippen molar-refractivity contribution in [2.24, 2.45) is 5.92 Å². The van der Waals surface area contributed by atoms with E-state index in [9.17, 15) is 0 Å². The van der Waals surface area contributed by atoms with Crippen molar-refractivity contribution >= 4 is 37.5 Å². The lowest BCUT2D eigenvalue weighted by atomic mass is 9.92. The molecule has 0 amide bonds. The van der Waals surface area contributed by atoms with Crippen molar-refractivity contribution in [1.82, 2.24) is 0 Å². The molecule has 2 rings (SSSR count). The first-order chi connectivity index (χ1) is 8.74. The van der Waals surface area contributed by atoms with E-state index in [0.717, 1.165) is 11.2 Å². The summed E-state index contributed by atoms with van der Waals surface area (Å²) in [6.45, 7) is 4.72. The first-order valence-electron chi connectivity index (χ1n) is 6.84. The predicted molar refractivity (Wildman–Crippen MR) is 86.6 cm³/mol. The summed E-state index contributed by atoms with van der Waals surface area (Å²) in [6.07, 6.45) is 5.44. The van der Waals surface area contributed by atoms with Crippen molar-refractivity contribution in [2.75, 3.05) is 18.0 Å². The molecule has 1 heterocycles. The molecule has 18 heavy (non-hydrogen) atoms. The molecule has 1 aromatic rings. The molecule has 1 fully saturated rings. The maximum atomic E-state index is 3.60. The van der Waals surface area contributed by atoms with Gasteiger partial charge in [-0.1, -0.05) is 51.6 Å². The van der Waals surface area contributed by atoms with Gasteiger partial charge in [-0.25, -0.2) is 0 Å². The highest BCUT2D eigenvalue weighted by molar-refractivity contribution is 9.10. The Morgan fingerprint density at radius 3 is 2.61 bits per heavy atom. The van der Waals surface area contributed by atoms with Gasteiger partial charge in [0.05, 0.1) is 0 Å². The van der Waals surface area contributed by atoms with Crippen molar-refractivity contribution in [2.45, 2.75) is 37.9 Å². The number of benzene rings is 1. The zero-order valence-corrected chi connectivity index (χ0v) is 14.1. The SMILES string of the molecule is CCCC1CCN(c2ccc(Br)cc2CBr)CC1. The fourth-order valence-electron chi connectivity index (χ4n) is 2.84. The van der Waals surface area contributed by atoms with Crippen molar-refractivity contribution in [3.8, 4) is 0 Å². The molecule has 0 aliphatic carbocycles. The van der Waals surface area contributed by atoms with Crippen LogP contribution >= 0.6 is 31.9 Å². The van der Waals surface area contributed by atoms with E-state index >= 15 is 0 Å². The van der Waals surface area contributed by atoms with E-state index in [1.807, 2.05) is 0 Å². The molecule has 1 saturated heterocycles. The number of halogens is 2. The monoisotopic (exact) mass is 373 g/mol. The van der Waals surface area contributed by atoms with Gasteiger partial charge in [-0.2, -0.15) is 0 Å². The van der Waals surface area contributed by atoms with Crippen LogP contribution in [0.15, 0.2) is 22.7 Å². The van der Waals surface area contributed by atoms with Crippen LogP contribution in [-0.2, 0) is 5.33 Å². The first kappa shape index (κ1) is 14.4. The van der Waals surface area contributed by atoms with E-state index < -0.39 is 0 Å². The Morgan fingerprint density at radius 1 is 1.28 bits per heavy atom. The number of rotatable bonds is 4. The highest BCUT2D eigenvalue weighted by Crippen LogP contribution is 2.31. The van der Waals surface area contributed by atoms with Crippen LogP contribution in [0.2, 0.25) is 0 Å². The quantitative estimate of drug-likeness (QED) is 0.641. The van der Waals surface area contributed by atoms with Gasteiger partial charge >= 0.3 is 0 Å². The van der Waals surface area contributed by atoms with Crippen LogP contribution in [0.5, 0.6) is 0 Å². The summed E-state index contributed by atoms with van der Waals surface area (Å²) in [6, 6.07) is 6.63. The molecule has 0 radical (unpaired) electrons. The first-order valence-corrected chi connectivity index (χ1v) is 8.75. The highest BCUT2D eigenvalue weighted by atomic mass is 79.9. The van der Waals surface area contributed by atoms with Gasteiger partial charge in [-0.3, -0.25) is 0 Å². The van der Waals surface area contributed by atoms with E-state index in [1.54, 1.807) is 0 Å². The number of piperidine rings is 1. The van der Waals surface area contributed by atoms with E-state index in [1.165, 1.54) is 54.5 Å². The standard InChI is InChI=1S/C15H21Br2N/c1-2-3-12-6-8-18(9-7-12)15-5-4-14(17)10-13(15)11-16/h4-5,10,12H,2-3,6-9,11H2,1H3. The van der Waals surface area contributed by atoms with Crippen LogP contribution in [0.1, 0.15) is 38.2 Å². The van der Waals surface area contributed by atoms with Crippen molar-refractivity contribution < 1.29 is 0 Å². The van der Waals surface area contributed by atoms with Gasteiger partial charge in [0.2, 0.25) is 0 Å². The molecular formula is C15H21Br2N. The second kappa shape index (κ2) is 6.95. The van der Waals surface area contributed by atoms with Gasteiger partial charge in [0.25, 0.3) is 0 Å². The van der Waals surface area contributed by atoms with Gasteiger partial charge in [-0.05, 0) is 42.5 Å². The number of alkyl halides is 1. The van der Waals surface area contributed by atoms with Gasteiger partial charge in [0, 0.05) is 28.6 Å². The van der Waals surface area contributed by atoms with E-state index in [-0.39, 0.29) is 0 Å². The number of nitrogens with zero attached hydrogens (tertiary/aromatic N) is 1. The molecule has 0 unspecified atom stereocenters. The molecule has 0 aromatic heterocycles. The van der Waals surface area contributed by atoms with Crippen LogP contribution in [0.3, 0.4) is 0 Å². The molecule has 0 atom stereocenters. The Balaban J connectivity index is 2.05. The summed E-state index contributed by atoms with van der Waals surface area (Å²) in [5.41, 5.74) is 2.79. The van der Waals surface area contributed by atoms with Crippen LogP contribution in [0.25, 0.3) is 0 Å². The van der Waals surface area contributed by atoms with E-state index in [4.69, 9.17) is 0 Å². The Hall–Kier alpha value is -0.0200.